The average Bonchev–Trinajstić information content (AvgIpc) is 4.20. The van der Waals surface area contributed by atoms with Crippen molar-refractivity contribution >= 4 is 79.7 Å². The molecule has 2 aliphatic heterocycles. The first-order chi connectivity index (χ1) is 38.5. The third-order valence-corrected chi connectivity index (χ3v) is 16.8. The molecule has 0 bridgehead atoms. The maximum absolute atomic E-state index is 14.1. The molecule has 15 nitrogen and oxygen atoms in total. The van der Waals surface area contributed by atoms with Gasteiger partial charge in [0.2, 0.25) is 11.9 Å². The predicted molar refractivity (Wildman–Crippen MR) is 322 cm³/mol. The van der Waals surface area contributed by atoms with E-state index in [1.54, 1.807) is 21.6 Å². The number of rotatable bonds is 15. The summed E-state index contributed by atoms with van der Waals surface area (Å²) < 4.78 is 8.95. The summed E-state index contributed by atoms with van der Waals surface area (Å²) in [6, 6.07) is 40.7. The monoisotopic (exact) mass is 1090 g/mol. The van der Waals surface area contributed by atoms with E-state index in [-0.39, 0.29) is 11.1 Å². The van der Waals surface area contributed by atoms with Gasteiger partial charge in [-0.2, -0.15) is 9.97 Å². The third kappa shape index (κ3) is 10.8. The van der Waals surface area contributed by atoms with Crippen molar-refractivity contribution in [2.24, 2.45) is 0 Å². The number of nitrogens with one attached hydrogen (secondary N) is 2. The molecule has 400 valence electrons. The van der Waals surface area contributed by atoms with Crippen LogP contribution >= 0.6 is 22.9 Å². The molecule has 0 spiro atoms. The van der Waals surface area contributed by atoms with Gasteiger partial charge in [-0.3, -0.25) is 23.6 Å². The van der Waals surface area contributed by atoms with Gasteiger partial charge in [0.1, 0.15) is 17.1 Å². The highest BCUT2D eigenvalue weighted by atomic mass is 35.5. The second-order valence-electron chi connectivity index (χ2n) is 20.3. The van der Waals surface area contributed by atoms with Gasteiger partial charge >= 0.3 is 0 Å². The minimum atomic E-state index is -0.172. The lowest BCUT2D eigenvalue weighted by Gasteiger charge is -2.36. The molecule has 79 heavy (non-hydrogen) atoms. The number of halogens is 1. The zero-order chi connectivity index (χ0) is 54.1. The summed E-state index contributed by atoms with van der Waals surface area (Å²) in [6.45, 7) is 15.9. The van der Waals surface area contributed by atoms with Gasteiger partial charge in [-0.25, -0.2) is 9.97 Å². The van der Waals surface area contributed by atoms with Gasteiger partial charge in [0.25, 0.3) is 11.1 Å². The van der Waals surface area contributed by atoms with Crippen molar-refractivity contribution in [1.29, 1.82) is 0 Å². The van der Waals surface area contributed by atoms with Crippen molar-refractivity contribution in [3.8, 4) is 44.0 Å². The third-order valence-electron chi connectivity index (χ3n) is 15.3. The highest BCUT2D eigenvalue weighted by Crippen LogP contribution is 2.35. The molecule has 2 aliphatic rings. The Morgan fingerprint density at radius 1 is 0.608 bits per heavy atom. The van der Waals surface area contributed by atoms with Gasteiger partial charge in [-0.05, 0) is 142 Å². The van der Waals surface area contributed by atoms with Crippen LogP contribution in [0.4, 0.5) is 34.6 Å². The zero-order valence-electron chi connectivity index (χ0n) is 44.7. The van der Waals surface area contributed by atoms with Crippen molar-refractivity contribution < 1.29 is 4.42 Å². The highest BCUT2D eigenvalue weighted by Gasteiger charge is 2.21. The molecular weight excluding hydrogens is 1030 g/mol. The lowest BCUT2D eigenvalue weighted by Crippen LogP contribution is -2.46. The molecule has 0 atom stereocenters. The van der Waals surface area contributed by atoms with Crippen LogP contribution in [-0.2, 0) is 19.5 Å². The number of pyridine rings is 2. The van der Waals surface area contributed by atoms with E-state index in [4.69, 9.17) is 26.0 Å². The first kappa shape index (κ1) is 51.6. The number of piperazine rings is 2. The van der Waals surface area contributed by atoms with E-state index in [0.717, 1.165) is 110 Å². The number of nitrogens with zero attached hydrogens (tertiary/aromatic N) is 10. The van der Waals surface area contributed by atoms with Crippen LogP contribution in [0, 0.1) is 6.92 Å². The Balaban J connectivity index is 0.642. The van der Waals surface area contributed by atoms with Crippen molar-refractivity contribution in [3.63, 3.8) is 0 Å². The van der Waals surface area contributed by atoms with Gasteiger partial charge in [-0.1, -0.05) is 41.9 Å². The summed E-state index contributed by atoms with van der Waals surface area (Å²) in [5.41, 5.74) is 10.8. The highest BCUT2D eigenvalue weighted by molar-refractivity contribution is 7.15. The molecule has 2 N–H and O–H groups in total. The number of likely N-dealkylation sites (N-methyl/N-ethyl adjacent to an activating group) is 1. The van der Waals surface area contributed by atoms with Crippen molar-refractivity contribution in [3.05, 3.63) is 176 Å². The lowest BCUT2D eigenvalue weighted by atomic mass is 9.98. The largest absolute Gasteiger partial charge is 0.464 e. The Bertz CT molecular complexity index is 3960. The fourth-order valence-electron chi connectivity index (χ4n) is 10.9. The number of benzene rings is 4. The van der Waals surface area contributed by atoms with Crippen molar-refractivity contribution in [2.45, 2.75) is 40.3 Å². The van der Waals surface area contributed by atoms with Crippen LogP contribution in [0.15, 0.2) is 154 Å². The molecule has 17 heteroatoms. The molecule has 8 heterocycles. The second-order valence-corrected chi connectivity index (χ2v) is 21.9. The minimum absolute atomic E-state index is 0.0650. The van der Waals surface area contributed by atoms with Crippen LogP contribution in [0.2, 0.25) is 5.02 Å². The number of thiophene rings is 1. The number of furan rings is 1. The fraction of sp³-hybridized carbons (Fsp3) is 0.258. The van der Waals surface area contributed by atoms with Crippen LogP contribution < -0.4 is 31.6 Å². The van der Waals surface area contributed by atoms with E-state index in [2.05, 4.69) is 121 Å². The molecule has 12 rings (SSSR count). The smallest absolute Gasteiger partial charge is 0.260 e. The Kier molecular flexibility index (Phi) is 14.6. The molecule has 0 saturated carbocycles. The Labute approximate surface area is 467 Å². The van der Waals surface area contributed by atoms with Gasteiger partial charge in [0, 0.05) is 155 Å². The standard InChI is InChI=1S/C62H61ClN12O3S/c1-5-74-57-43(38-64-61(68-57)66-45-11-15-47(16-12-45)72-29-25-70(4)26-30-72)35-52(59(74)76)50-20-10-42(34-40(50)3)56-22-19-49(79-56)23-24-71-27-31-73(32-28-71)48-17-13-46(14-18-48)67-62-65-39-44-36-53(60(77)75(6-2)58(44)69-62)51-21-9-41(37-54(51)63)55-8-7-33-78-55/h7-22,33-39H,5-6,23-32H2,1-4H3,(H,64,66,68)(H,65,67,69). The molecular formula is C62H61ClN12O3S. The van der Waals surface area contributed by atoms with Crippen LogP contribution in [0.25, 0.3) is 66.1 Å². The predicted octanol–water partition coefficient (Wildman–Crippen LogP) is 11.8. The van der Waals surface area contributed by atoms with E-state index in [1.165, 1.54) is 21.1 Å². The van der Waals surface area contributed by atoms with Crippen LogP contribution in [0.3, 0.4) is 0 Å². The van der Waals surface area contributed by atoms with Gasteiger partial charge in [0.05, 0.1) is 6.26 Å². The SMILES string of the molecule is CCn1c(=O)c(-c2ccc(-c3ccc(CCN4CCN(c5ccc(Nc6ncc7cc(-c8ccc(-c9ccco9)cc8Cl)c(=O)n(CC)c7n6)cc5)CC4)s3)cc2C)cc2cnc(Nc3ccc(N4CCN(C)CC4)cc3)nc21. The molecule has 2 fully saturated rings. The van der Waals surface area contributed by atoms with E-state index in [0.29, 0.717) is 63.8 Å². The number of anilines is 6. The first-order valence-electron chi connectivity index (χ1n) is 27.1. The number of aryl methyl sites for hydroxylation is 3. The Morgan fingerprint density at radius 3 is 1.71 bits per heavy atom. The average molecular weight is 1090 g/mol. The summed E-state index contributed by atoms with van der Waals surface area (Å²) in [4.78, 5) is 59.2. The normalized spacial score (nSPS) is 14.4. The topological polar surface area (TPSA) is 146 Å². The maximum atomic E-state index is 14.1. The Morgan fingerprint density at radius 2 is 1.16 bits per heavy atom. The Hall–Kier alpha value is -8.15. The second kappa shape index (κ2) is 22.3. The number of aromatic nitrogens is 6. The molecule has 0 aliphatic carbocycles. The van der Waals surface area contributed by atoms with Gasteiger partial charge in [0.15, 0.2) is 0 Å². The van der Waals surface area contributed by atoms with Crippen LogP contribution in [0.1, 0.15) is 24.3 Å². The van der Waals surface area contributed by atoms with Crippen molar-refractivity contribution in [2.75, 3.05) is 86.4 Å². The number of hydrogen-bond donors (Lipinski definition) is 2. The summed E-state index contributed by atoms with van der Waals surface area (Å²) in [7, 11) is 2.17. The summed E-state index contributed by atoms with van der Waals surface area (Å²) in [5, 5.41) is 8.72. The molecule has 10 aromatic rings. The number of hydrogen-bond acceptors (Lipinski definition) is 14. The molecule has 0 radical (unpaired) electrons. The zero-order valence-corrected chi connectivity index (χ0v) is 46.3. The quantitative estimate of drug-likeness (QED) is 0.101. The number of fused-ring (bicyclic) bond motifs is 2. The van der Waals surface area contributed by atoms with E-state index in [1.807, 2.05) is 86.0 Å². The maximum Gasteiger partial charge on any atom is 0.260 e. The summed E-state index contributed by atoms with van der Waals surface area (Å²) in [6.07, 6.45) is 6.16. The fourth-order valence-corrected chi connectivity index (χ4v) is 12.1. The van der Waals surface area contributed by atoms with E-state index < -0.39 is 0 Å². The van der Waals surface area contributed by atoms with Gasteiger partial charge in [-0.15, -0.1) is 11.3 Å². The molecule has 0 amide bonds. The van der Waals surface area contributed by atoms with Gasteiger partial charge < -0.3 is 29.8 Å². The lowest BCUT2D eigenvalue weighted by molar-refractivity contribution is 0.261. The van der Waals surface area contributed by atoms with E-state index in [9.17, 15) is 9.59 Å². The molecule has 4 aromatic carbocycles. The minimum Gasteiger partial charge on any atom is -0.464 e. The summed E-state index contributed by atoms with van der Waals surface area (Å²) >= 11 is 8.59. The summed E-state index contributed by atoms with van der Waals surface area (Å²) in [5.74, 6) is 1.57. The first-order valence-corrected chi connectivity index (χ1v) is 28.2. The van der Waals surface area contributed by atoms with Crippen LogP contribution in [0.5, 0.6) is 0 Å². The molecule has 0 unspecified atom stereocenters. The van der Waals surface area contributed by atoms with Crippen molar-refractivity contribution in [1.82, 2.24) is 38.9 Å². The van der Waals surface area contributed by atoms with E-state index >= 15 is 0 Å². The molecule has 2 saturated heterocycles. The van der Waals surface area contributed by atoms with Crippen LogP contribution in [-0.4, -0.2) is 105 Å². The molecule has 6 aromatic heterocycles.